The van der Waals surface area contributed by atoms with Crippen LogP contribution in [0.25, 0.3) is 0 Å². The maximum atomic E-state index is 12.6. The predicted molar refractivity (Wildman–Crippen MR) is 83.7 cm³/mol. The van der Waals surface area contributed by atoms with Crippen molar-refractivity contribution in [3.63, 3.8) is 0 Å². The highest BCUT2D eigenvalue weighted by Gasteiger charge is 2.44. The molecule has 0 radical (unpaired) electrons. The zero-order valence-corrected chi connectivity index (χ0v) is 13.0. The molecular formula is C15H15N3O4S. The fourth-order valence-corrected chi connectivity index (χ4v) is 3.54. The molecule has 120 valence electrons. The van der Waals surface area contributed by atoms with Crippen molar-refractivity contribution >= 4 is 29.2 Å². The molecule has 2 aliphatic rings. The van der Waals surface area contributed by atoms with E-state index in [-0.39, 0.29) is 25.0 Å². The van der Waals surface area contributed by atoms with Gasteiger partial charge in [-0.1, -0.05) is 6.08 Å². The van der Waals surface area contributed by atoms with Gasteiger partial charge in [-0.05, 0) is 22.4 Å². The van der Waals surface area contributed by atoms with Crippen LogP contribution in [0, 0.1) is 0 Å². The van der Waals surface area contributed by atoms with E-state index < -0.39 is 18.6 Å². The molecule has 0 spiro atoms. The van der Waals surface area contributed by atoms with Crippen molar-refractivity contribution in [2.24, 2.45) is 0 Å². The lowest BCUT2D eigenvalue weighted by atomic mass is 9.98. The van der Waals surface area contributed by atoms with Crippen LogP contribution in [0.4, 0.5) is 4.79 Å². The fourth-order valence-electron chi connectivity index (χ4n) is 2.85. The van der Waals surface area contributed by atoms with Crippen LogP contribution in [0.2, 0.25) is 0 Å². The molecule has 0 aromatic carbocycles. The van der Waals surface area contributed by atoms with Crippen LogP contribution in [-0.4, -0.2) is 52.4 Å². The number of carboxylic acid groups (broad SMARTS) is 1. The zero-order chi connectivity index (χ0) is 16.6. The normalized spacial score (nSPS) is 20.6. The molecule has 1 unspecified atom stereocenters. The molecule has 1 aromatic heterocycles. The highest BCUT2D eigenvalue weighted by molar-refractivity contribution is 7.08. The van der Waals surface area contributed by atoms with Gasteiger partial charge in [0.05, 0.1) is 23.9 Å². The van der Waals surface area contributed by atoms with E-state index in [1.54, 1.807) is 6.08 Å². The third-order valence-corrected chi connectivity index (χ3v) is 4.51. The summed E-state index contributed by atoms with van der Waals surface area (Å²) in [5, 5.41) is 15.5. The maximum absolute atomic E-state index is 12.6. The standard InChI is InChI=1S/C15H15N3O4S/c1-2-4-18-10-6-17(7-11(19)20)14(21)12(10)13(16-15(18)22)9-3-5-23-8-9/h2-3,5,8,13H,1,4,6-7H2,(H,16,22)(H,19,20). The second-order valence-corrected chi connectivity index (χ2v) is 6.03. The monoisotopic (exact) mass is 333 g/mol. The molecule has 8 heteroatoms. The van der Waals surface area contributed by atoms with Crippen molar-refractivity contribution in [1.82, 2.24) is 15.1 Å². The van der Waals surface area contributed by atoms with Gasteiger partial charge in [-0.3, -0.25) is 14.5 Å². The Kier molecular flexibility index (Phi) is 3.91. The molecule has 0 saturated heterocycles. The average molecular weight is 333 g/mol. The van der Waals surface area contributed by atoms with Gasteiger partial charge in [0.2, 0.25) is 0 Å². The number of thiophene rings is 1. The van der Waals surface area contributed by atoms with Crippen molar-refractivity contribution in [2.45, 2.75) is 6.04 Å². The number of hydrogen-bond donors (Lipinski definition) is 2. The summed E-state index contributed by atoms with van der Waals surface area (Å²) < 4.78 is 0. The molecule has 0 aliphatic carbocycles. The highest BCUT2D eigenvalue weighted by atomic mass is 32.1. The second kappa shape index (κ2) is 5.88. The van der Waals surface area contributed by atoms with E-state index in [0.717, 1.165) is 5.56 Å². The molecule has 1 atom stereocenters. The van der Waals surface area contributed by atoms with Gasteiger partial charge >= 0.3 is 12.0 Å². The molecule has 2 N–H and O–H groups in total. The summed E-state index contributed by atoms with van der Waals surface area (Å²) in [5.41, 5.74) is 1.81. The molecule has 3 heterocycles. The van der Waals surface area contributed by atoms with Crippen molar-refractivity contribution in [3.8, 4) is 0 Å². The molecule has 23 heavy (non-hydrogen) atoms. The van der Waals surface area contributed by atoms with Crippen LogP contribution in [-0.2, 0) is 9.59 Å². The van der Waals surface area contributed by atoms with E-state index in [4.69, 9.17) is 5.11 Å². The Morgan fingerprint density at radius 3 is 2.91 bits per heavy atom. The average Bonchev–Trinajstić information content (AvgIpc) is 3.11. The first-order chi connectivity index (χ1) is 11.0. The van der Waals surface area contributed by atoms with Crippen molar-refractivity contribution in [1.29, 1.82) is 0 Å². The minimum absolute atomic E-state index is 0.113. The first-order valence-corrected chi connectivity index (χ1v) is 7.92. The number of nitrogens with zero attached hydrogens (tertiary/aromatic N) is 2. The first-order valence-electron chi connectivity index (χ1n) is 6.98. The number of amides is 3. The minimum Gasteiger partial charge on any atom is -0.480 e. The number of hydrogen-bond acceptors (Lipinski definition) is 4. The Bertz CT molecular complexity index is 710. The topological polar surface area (TPSA) is 90.0 Å². The number of aliphatic carboxylic acids is 1. The van der Waals surface area contributed by atoms with Crippen molar-refractivity contribution in [3.05, 3.63) is 46.3 Å². The Hall–Kier alpha value is -2.61. The predicted octanol–water partition coefficient (Wildman–Crippen LogP) is 1.18. The van der Waals surface area contributed by atoms with Crippen molar-refractivity contribution < 1.29 is 19.5 Å². The van der Waals surface area contributed by atoms with Gasteiger partial charge in [0, 0.05) is 6.54 Å². The van der Waals surface area contributed by atoms with Crippen LogP contribution >= 0.6 is 11.3 Å². The second-order valence-electron chi connectivity index (χ2n) is 5.25. The Morgan fingerprint density at radius 2 is 2.30 bits per heavy atom. The molecule has 3 amide bonds. The summed E-state index contributed by atoms with van der Waals surface area (Å²) in [6.45, 7) is 3.61. The summed E-state index contributed by atoms with van der Waals surface area (Å²) in [5.74, 6) is -1.44. The van der Waals surface area contributed by atoms with Gasteiger partial charge in [-0.2, -0.15) is 11.3 Å². The molecular weight excluding hydrogens is 318 g/mol. The van der Waals surface area contributed by atoms with E-state index in [2.05, 4.69) is 11.9 Å². The third kappa shape index (κ3) is 2.61. The van der Waals surface area contributed by atoms with Crippen LogP contribution in [0.3, 0.4) is 0 Å². The van der Waals surface area contributed by atoms with E-state index in [1.807, 2.05) is 16.8 Å². The fraction of sp³-hybridized carbons (Fsp3) is 0.267. The van der Waals surface area contributed by atoms with Crippen LogP contribution in [0.15, 0.2) is 40.8 Å². The molecule has 0 bridgehead atoms. The number of urea groups is 1. The Balaban J connectivity index is 2.02. The third-order valence-electron chi connectivity index (χ3n) is 3.81. The molecule has 0 saturated carbocycles. The van der Waals surface area contributed by atoms with Crippen LogP contribution in [0.5, 0.6) is 0 Å². The maximum Gasteiger partial charge on any atom is 0.323 e. The van der Waals surface area contributed by atoms with Gasteiger partial charge in [0.25, 0.3) is 5.91 Å². The molecule has 2 aliphatic heterocycles. The number of carbonyl (C=O) groups is 3. The van der Waals surface area contributed by atoms with E-state index >= 15 is 0 Å². The van der Waals surface area contributed by atoms with E-state index in [0.29, 0.717) is 11.3 Å². The summed E-state index contributed by atoms with van der Waals surface area (Å²) in [6.07, 6.45) is 1.57. The molecule has 1 aromatic rings. The van der Waals surface area contributed by atoms with Crippen LogP contribution in [0.1, 0.15) is 11.6 Å². The summed E-state index contributed by atoms with van der Waals surface area (Å²) in [4.78, 5) is 38.6. The number of carbonyl (C=O) groups excluding carboxylic acids is 2. The van der Waals surface area contributed by atoms with Gasteiger partial charge in [0.1, 0.15) is 6.54 Å². The quantitative estimate of drug-likeness (QED) is 0.792. The number of nitrogens with one attached hydrogen (secondary N) is 1. The van der Waals surface area contributed by atoms with Gasteiger partial charge in [0.15, 0.2) is 0 Å². The van der Waals surface area contributed by atoms with Crippen molar-refractivity contribution in [2.75, 3.05) is 19.6 Å². The largest absolute Gasteiger partial charge is 0.480 e. The molecule has 0 fully saturated rings. The van der Waals surface area contributed by atoms with E-state index in [1.165, 1.54) is 21.1 Å². The summed E-state index contributed by atoms with van der Waals surface area (Å²) >= 11 is 1.47. The SMILES string of the molecule is C=CCN1C(=O)NC(c2ccsc2)C2=C1CN(CC(=O)O)C2=O. The lowest BCUT2D eigenvalue weighted by molar-refractivity contribution is -0.142. The Labute approximate surface area is 136 Å². The minimum atomic E-state index is -1.08. The van der Waals surface area contributed by atoms with Crippen LogP contribution < -0.4 is 5.32 Å². The zero-order valence-electron chi connectivity index (χ0n) is 12.2. The summed E-state index contributed by atoms with van der Waals surface area (Å²) in [7, 11) is 0. The van der Waals surface area contributed by atoms with Gasteiger partial charge in [-0.15, -0.1) is 6.58 Å². The Morgan fingerprint density at radius 1 is 1.52 bits per heavy atom. The lowest BCUT2D eigenvalue weighted by Gasteiger charge is -2.32. The number of carboxylic acids is 1. The number of rotatable bonds is 5. The van der Waals surface area contributed by atoms with E-state index in [9.17, 15) is 14.4 Å². The lowest BCUT2D eigenvalue weighted by Crippen LogP contribution is -2.47. The van der Waals surface area contributed by atoms with Gasteiger partial charge < -0.3 is 15.3 Å². The summed E-state index contributed by atoms with van der Waals surface area (Å²) in [6, 6.07) is 0.984. The molecule has 7 nitrogen and oxygen atoms in total. The first kappa shape index (κ1) is 15.3. The van der Waals surface area contributed by atoms with Gasteiger partial charge in [-0.25, -0.2) is 4.79 Å². The smallest absolute Gasteiger partial charge is 0.323 e. The highest BCUT2D eigenvalue weighted by Crippen LogP contribution is 2.36. The molecule has 3 rings (SSSR count).